The number of nitrogens with one attached hydrogen (secondary N) is 1. The average Bonchev–Trinajstić information content (AvgIpc) is 2.80. The van der Waals surface area contributed by atoms with Gasteiger partial charge in [-0.1, -0.05) is 30.3 Å². The number of pyridine rings is 1. The topological polar surface area (TPSA) is 65.5 Å². The second kappa shape index (κ2) is 9.28. The number of sulfonamides is 1. The summed E-state index contributed by atoms with van der Waals surface area (Å²) in [7, 11) is -3.61. The summed E-state index contributed by atoms with van der Waals surface area (Å²) in [6.07, 6.45) is 3.84. The number of piperazine rings is 1. The Balaban J connectivity index is 1.26. The molecule has 6 nitrogen and oxygen atoms in total. The molecule has 1 aromatic heterocycles. The second-order valence-corrected chi connectivity index (χ2v) is 9.09. The third-order valence-electron chi connectivity index (χ3n) is 5.36. The van der Waals surface area contributed by atoms with E-state index in [9.17, 15) is 8.42 Å². The maximum atomic E-state index is 12.4. The first-order valence-electron chi connectivity index (χ1n) is 10.1. The van der Waals surface area contributed by atoms with Gasteiger partial charge in [-0.15, -0.1) is 0 Å². The van der Waals surface area contributed by atoms with Crippen LogP contribution in [0.5, 0.6) is 0 Å². The number of rotatable bonds is 7. The van der Waals surface area contributed by atoms with Crippen molar-refractivity contribution < 1.29 is 8.42 Å². The van der Waals surface area contributed by atoms with Gasteiger partial charge in [-0.3, -0.25) is 14.6 Å². The summed E-state index contributed by atoms with van der Waals surface area (Å²) in [5.74, 6) is 0. The zero-order chi connectivity index (χ0) is 20.8. The van der Waals surface area contributed by atoms with Crippen LogP contribution < -0.4 is 9.62 Å². The Bertz CT molecular complexity index is 1030. The Hall–Kier alpha value is -2.90. The number of hydrogen-bond donors (Lipinski definition) is 1. The van der Waals surface area contributed by atoms with Crippen LogP contribution in [0.25, 0.3) is 0 Å². The Morgan fingerprint density at radius 2 is 1.60 bits per heavy atom. The third kappa shape index (κ3) is 5.17. The first kappa shape index (κ1) is 20.4. The first-order valence-corrected chi connectivity index (χ1v) is 11.6. The molecule has 30 heavy (non-hydrogen) atoms. The van der Waals surface area contributed by atoms with Gasteiger partial charge in [0.15, 0.2) is 0 Å². The lowest BCUT2D eigenvalue weighted by Crippen LogP contribution is -2.46. The summed E-state index contributed by atoms with van der Waals surface area (Å²) >= 11 is 0. The van der Waals surface area contributed by atoms with E-state index in [1.807, 2.05) is 24.3 Å². The predicted molar refractivity (Wildman–Crippen MR) is 120 cm³/mol. The molecule has 0 bridgehead atoms. The van der Waals surface area contributed by atoms with E-state index in [1.165, 1.54) is 23.5 Å². The molecule has 0 unspecified atom stereocenters. The quantitative estimate of drug-likeness (QED) is 0.633. The van der Waals surface area contributed by atoms with Crippen molar-refractivity contribution in [3.8, 4) is 0 Å². The number of aromatic nitrogens is 1. The van der Waals surface area contributed by atoms with Crippen molar-refractivity contribution in [2.24, 2.45) is 0 Å². The van der Waals surface area contributed by atoms with E-state index in [-0.39, 0.29) is 4.90 Å². The van der Waals surface area contributed by atoms with Crippen molar-refractivity contribution in [1.82, 2.24) is 9.88 Å². The molecule has 7 heteroatoms. The monoisotopic (exact) mass is 422 g/mol. The van der Waals surface area contributed by atoms with Gasteiger partial charge in [0, 0.05) is 56.5 Å². The molecule has 1 aliphatic heterocycles. The maximum Gasteiger partial charge on any atom is 0.263 e. The van der Waals surface area contributed by atoms with Gasteiger partial charge in [-0.25, -0.2) is 8.42 Å². The van der Waals surface area contributed by atoms with E-state index in [1.54, 1.807) is 12.3 Å². The highest BCUT2D eigenvalue weighted by Crippen LogP contribution is 2.18. The van der Waals surface area contributed by atoms with Crippen LogP contribution in [0, 0.1) is 0 Å². The molecule has 0 saturated carbocycles. The molecule has 0 radical (unpaired) electrons. The normalized spacial score (nSPS) is 15.1. The molecule has 4 rings (SSSR count). The number of benzene rings is 2. The van der Waals surface area contributed by atoms with E-state index in [0.29, 0.717) is 5.69 Å². The van der Waals surface area contributed by atoms with Crippen LogP contribution >= 0.6 is 0 Å². The smallest absolute Gasteiger partial charge is 0.263 e. The minimum Gasteiger partial charge on any atom is -0.369 e. The summed E-state index contributed by atoms with van der Waals surface area (Å²) in [5.41, 5.74) is 3.05. The molecule has 0 amide bonds. The fourth-order valence-electron chi connectivity index (χ4n) is 3.62. The molecule has 1 fully saturated rings. The molecule has 1 saturated heterocycles. The van der Waals surface area contributed by atoms with Crippen LogP contribution in [-0.2, 0) is 16.4 Å². The summed E-state index contributed by atoms with van der Waals surface area (Å²) in [5, 5.41) is 0. The summed E-state index contributed by atoms with van der Waals surface area (Å²) < 4.78 is 27.4. The number of hydrogen-bond acceptors (Lipinski definition) is 5. The molecule has 2 heterocycles. The van der Waals surface area contributed by atoms with Gasteiger partial charge < -0.3 is 4.90 Å². The van der Waals surface area contributed by atoms with Gasteiger partial charge >= 0.3 is 0 Å². The van der Waals surface area contributed by atoms with E-state index in [4.69, 9.17) is 0 Å². The van der Waals surface area contributed by atoms with Crippen molar-refractivity contribution in [2.45, 2.75) is 11.3 Å². The van der Waals surface area contributed by atoms with Crippen LogP contribution in [0.2, 0.25) is 0 Å². The van der Waals surface area contributed by atoms with Crippen molar-refractivity contribution in [3.05, 3.63) is 84.7 Å². The Morgan fingerprint density at radius 3 is 2.27 bits per heavy atom. The maximum absolute atomic E-state index is 12.4. The van der Waals surface area contributed by atoms with Crippen LogP contribution in [-0.4, -0.2) is 51.0 Å². The lowest BCUT2D eigenvalue weighted by molar-refractivity contribution is 0.261. The lowest BCUT2D eigenvalue weighted by Gasteiger charge is -2.36. The number of anilines is 2. The van der Waals surface area contributed by atoms with Crippen molar-refractivity contribution in [3.63, 3.8) is 0 Å². The molecule has 1 N–H and O–H groups in total. The standard InChI is InChI=1S/C23H26N4O2S/c28-30(29,23-7-4-13-24-19-23)25-21-10-8-20(9-11-21)12-14-26-15-17-27(18-16-26)22-5-2-1-3-6-22/h1-11,13,19,25H,12,14-18H2. The predicted octanol–water partition coefficient (Wildman–Crippen LogP) is 3.25. The van der Waals surface area contributed by atoms with Crippen LogP contribution in [0.1, 0.15) is 5.56 Å². The molecular formula is C23H26N4O2S. The third-order valence-corrected chi connectivity index (χ3v) is 6.73. The van der Waals surface area contributed by atoms with Crippen LogP contribution in [0.3, 0.4) is 0 Å². The Kier molecular flexibility index (Phi) is 6.30. The summed E-state index contributed by atoms with van der Waals surface area (Å²) in [6, 6.07) is 21.3. The first-order chi connectivity index (χ1) is 14.6. The van der Waals surface area contributed by atoms with Gasteiger partial charge in [0.1, 0.15) is 4.90 Å². The molecule has 3 aromatic rings. The molecule has 1 aliphatic rings. The van der Waals surface area contributed by atoms with Crippen molar-refractivity contribution in [2.75, 3.05) is 42.3 Å². The van der Waals surface area contributed by atoms with Crippen LogP contribution in [0.4, 0.5) is 11.4 Å². The fourth-order valence-corrected chi connectivity index (χ4v) is 4.64. The van der Waals surface area contributed by atoms with Crippen molar-refractivity contribution in [1.29, 1.82) is 0 Å². The molecule has 0 spiro atoms. The SMILES string of the molecule is O=S(=O)(Nc1ccc(CCN2CCN(c3ccccc3)CC2)cc1)c1cccnc1. The van der Waals surface area contributed by atoms with Gasteiger partial charge in [0.05, 0.1) is 0 Å². The average molecular weight is 423 g/mol. The summed E-state index contributed by atoms with van der Waals surface area (Å²) in [4.78, 5) is 8.94. The largest absolute Gasteiger partial charge is 0.369 e. The van der Waals surface area contributed by atoms with Gasteiger partial charge in [0.25, 0.3) is 10.0 Å². The van der Waals surface area contributed by atoms with Crippen molar-refractivity contribution >= 4 is 21.4 Å². The van der Waals surface area contributed by atoms with Gasteiger partial charge in [-0.2, -0.15) is 0 Å². The molecule has 0 atom stereocenters. The number of para-hydroxylation sites is 1. The molecule has 156 valence electrons. The highest BCUT2D eigenvalue weighted by atomic mass is 32.2. The van der Waals surface area contributed by atoms with Gasteiger partial charge in [0.2, 0.25) is 0 Å². The zero-order valence-corrected chi connectivity index (χ0v) is 17.6. The molecular weight excluding hydrogens is 396 g/mol. The fraction of sp³-hybridized carbons (Fsp3) is 0.261. The Morgan fingerprint density at radius 1 is 0.867 bits per heavy atom. The highest BCUT2D eigenvalue weighted by Gasteiger charge is 2.17. The van der Waals surface area contributed by atoms with E-state index in [0.717, 1.165) is 39.1 Å². The lowest BCUT2D eigenvalue weighted by atomic mass is 10.1. The second-order valence-electron chi connectivity index (χ2n) is 7.41. The minimum absolute atomic E-state index is 0.156. The molecule has 0 aliphatic carbocycles. The highest BCUT2D eigenvalue weighted by molar-refractivity contribution is 7.92. The Labute approximate surface area is 178 Å². The number of nitrogens with zero attached hydrogens (tertiary/aromatic N) is 3. The van der Waals surface area contributed by atoms with E-state index >= 15 is 0 Å². The minimum atomic E-state index is -3.61. The molecule has 2 aromatic carbocycles. The summed E-state index contributed by atoms with van der Waals surface area (Å²) in [6.45, 7) is 5.19. The van der Waals surface area contributed by atoms with E-state index < -0.39 is 10.0 Å². The van der Waals surface area contributed by atoms with Gasteiger partial charge in [-0.05, 0) is 48.4 Å². The van der Waals surface area contributed by atoms with Crippen LogP contribution in [0.15, 0.2) is 84.0 Å². The van der Waals surface area contributed by atoms with E-state index in [2.05, 4.69) is 49.8 Å². The zero-order valence-electron chi connectivity index (χ0n) is 16.8.